The van der Waals surface area contributed by atoms with Gasteiger partial charge in [-0.3, -0.25) is 0 Å². The van der Waals surface area contributed by atoms with E-state index in [1.807, 2.05) is 6.08 Å². The Kier molecular flexibility index (Phi) is 6.15. The van der Waals surface area contributed by atoms with Crippen molar-refractivity contribution < 1.29 is 14.6 Å². The number of hydrogen-bond acceptors (Lipinski definition) is 2. The van der Waals surface area contributed by atoms with Crippen molar-refractivity contribution in [3.8, 4) is 0 Å². The van der Waals surface area contributed by atoms with Crippen LogP contribution in [-0.2, 0) is 4.74 Å². The number of carbonyl (C=O) groups is 1. The first-order valence-electron chi connectivity index (χ1n) is 4.13. The molecule has 0 aromatic rings. The lowest BCUT2D eigenvalue weighted by atomic mass is 10.1. The van der Waals surface area contributed by atoms with Gasteiger partial charge in [0.25, 0.3) is 0 Å². The Bertz CT molecular complexity index is 150. The molecule has 0 rings (SSSR count). The number of hydrogen-bond donors (Lipinski definition) is 1. The summed E-state index contributed by atoms with van der Waals surface area (Å²) in [6.45, 7) is 4.47. The van der Waals surface area contributed by atoms with Gasteiger partial charge in [0, 0.05) is 0 Å². The standard InChI is InChI=1S/C9H16O3/c1-8(2)6-4-3-5-7-12-9(10)11/h3,5,8H,4,6-7H2,1-2H3,(H,10,11). The maximum absolute atomic E-state index is 9.88. The van der Waals surface area contributed by atoms with Gasteiger partial charge in [-0.2, -0.15) is 0 Å². The summed E-state index contributed by atoms with van der Waals surface area (Å²) in [7, 11) is 0. The minimum atomic E-state index is -1.22. The third kappa shape index (κ3) is 9.01. The number of rotatable bonds is 5. The van der Waals surface area contributed by atoms with Gasteiger partial charge >= 0.3 is 6.16 Å². The van der Waals surface area contributed by atoms with Crippen LogP contribution in [-0.4, -0.2) is 17.9 Å². The summed E-state index contributed by atoms with van der Waals surface area (Å²) in [5, 5.41) is 8.10. The minimum Gasteiger partial charge on any atom is -0.450 e. The molecular weight excluding hydrogens is 156 g/mol. The molecule has 0 aromatic carbocycles. The van der Waals surface area contributed by atoms with Crippen LogP contribution in [0.3, 0.4) is 0 Å². The second-order valence-electron chi connectivity index (χ2n) is 3.02. The van der Waals surface area contributed by atoms with Crippen molar-refractivity contribution >= 4 is 6.16 Å². The van der Waals surface area contributed by atoms with Crippen molar-refractivity contribution in [2.24, 2.45) is 5.92 Å². The van der Waals surface area contributed by atoms with Crippen LogP contribution in [0.5, 0.6) is 0 Å². The molecule has 3 nitrogen and oxygen atoms in total. The maximum Gasteiger partial charge on any atom is 0.506 e. The summed E-state index contributed by atoms with van der Waals surface area (Å²) in [5.41, 5.74) is 0. The molecule has 3 heteroatoms. The van der Waals surface area contributed by atoms with Gasteiger partial charge in [0.15, 0.2) is 0 Å². The highest BCUT2D eigenvalue weighted by Gasteiger charge is 1.91. The predicted molar refractivity (Wildman–Crippen MR) is 47.2 cm³/mol. The fourth-order valence-electron chi connectivity index (χ4n) is 0.735. The Balaban J connectivity index is 3.20. The molecule has 0 fully saturated rings. The van der Waals surface area contributed by atoms with Crippen molar-refractivity contribution in [1.82, 2.24) is 0 Å². The molecule has 12 heavy (non-hydrogen) atoms. The largest absolute Gasteiger partial charge is 0.506 e. The van der Waals surface area contributed by atoms with Gasteiger partial charge in [0.05, 0.1) is 0 Å². The first-order chi connectivity index (χ1) is 5.63. The first-order valence-corrected chi connectivity index (χ1v) is 4.13. The molecule has 0 aliphatic heterocycles. The minimum absolute atomic E-state index is 0.160. The van der Waals surface area contributed by atoms with E-state index in [-0.39, 0.29) is 6.61 Å². The van der Waals surface area contributed by atoms with Crippen LogP contribution in [0.25, 0.3) is 0 Å². The van der Waals surface area contributed by atoms with Crippen LogP contribution >= 0.6 is 0 Å². The lowest BCUT2D eigenvalue weighted by molar-refractivity contribution is 0.102. The molecule has 0 heterocycles. The summed E-state index contributed by atoms with van der Waals surface area (Å²) < 4.78 is 4.28. The normalized spacial score (nSPS) is 10.9. The molecule has 0 aliphatic carbocycles. The molecule has 0 bridgehead atoms. The summed E-state index contributed by atoms with van der Waals surface area (Å²) >= 11 is 0. The smallest absolute Gasteiger partial charge is 0.450 e. The van der Waals surface area contributed by atoms with Crippen LogP contribution in [0.1, 0.15) is 26.7 Å². The van der Waals surface area contributed by atoms with Crippen molar-refractivity contribution in [3.63, 3.8) is 0 Å². The quantitative estimate of drug-likeness (QED) is 0.512. The van der Waals surface area contributed by atoms with E-state index in [9.17, 15) is 4.79 Å². The summed E-state index contributed by atoms with van der Waals surface area (Å²) in [6.07, 6.45) is 4.58. The van der Waals surface area contributed by atoms with Crippen LogP contribution < -0.4 is 0 Å². The monoisotopic (exact) mass is 172 g/mol. The van der Waals surface area contributed by atoms with Gasteiger partial charge in [-0.25, -0.2) is 4.79 Å². The second-order valence-corrected chi connectivity index (χ2v) is 3.02. The molecule has 0 radical (unpaired) electrons. The maximum atomic E-state index is 9.88. The Morgan fingerprint density at radius 2 is 2.17 bits per heavy atom. The third-order valence-corrected chi connectivity index (χ3v) is 1.38. The first kappa shape index (κ1) is 11.0. The van der Waals surface area contributed by atoms with E-state index in [0.29, 0.717) is 5.92 Å². The van der Waals surface area contributed by atoms with Crippen molar-refractivity contribution in [1.29, 1.82) is 0 Å². The van der Waals surface area contributed by atoms with Crippen LogP contribution in [0.15, 0.2) is 12.2 Å². The lowest BCUT2D eigenvalue weighted by Crippen LogP contribution is -1.98. The summed E-state index contributed by atoms with van der Waals surface area (Å²) in [4.78, 5) is 9.88. The molecule has 70 valence electrons. The number of ether oxygens (including phenoxy) is 1. The molecule has 0 saturated heterocycles. The van der Waals surface area contributed by atoms with Gasteiger partial charge in [-0.1, -0.05) is 26.0 Å². The van der Waals surface area contributed by atoms with E-state index in [1.165, 1.54) is 0 Å². The van der Waals surface area contributed by atoms with E-state index in [0.717, 1.165) is 12.8 Å². The summed E-state index contributed by atoms with van der Waals surface area (Å²) in [5.74, 6) is 0.690. The Labute approximate surface area is 73.0 Å². The predicted octanol–water partition coefficient (Wildman–Crippen LogP) is 2.67. The molecule has 0 aromatic heterocycles. The SMILES string of the molecule is CC(C)CCC=CCOC(=O)O. The molecule has 0 unspecified atom stereocenters. The van der Waals surface area contributed by atoms with Gasteiger partial charge in [-0.15, -0.1) is 0 Å². The molecule has 0 spiro atoms. The van der Waals surface area contributed by atoms with Crippen LogP contribution in [0.2, 0.25) is 0 Å². The number of carboxylic acid groups (broad SMARTS) is 1. The van der Waals surface area contributed by atoms with Gasteiger partial charge in [0.1, 0.15) is 6.61 Å². The van der Waals surface area contributed by atoms with Crippen molar-refractivity contribution in [2.45, 2.75) is 26.7 Å². The van der Waals surface area contributed by atoms with E-state index in [4.69, 9.17) is 5.11 Å². The average molecular weight is 172 g/mol. The molecule has 0 amide bonds. The Morgan fingerprint density at radius 3 is 2.67 bits per heavy atom. The Hall–Kier alpha value is -0.990. The zero-order valence-electron chi connectivity index (χ0n) is 7.62. The lowest BCUT2D eigenvalue weighted by Gasteiger charge is -1.98. The summed E-state index contributed by atoms with van der Waals surface area (Å²) in [6, 6.07) is 0. The highest BCUT2D eigenvalue weighted by atomic mass is 16.7. The highest BCUT2D eigenvalue weighted by molar-refractivity contribution is 5.56. The molecule has 0 aliphatic rings. The van der Waals surface area contributed by atoms with Gasteiger partial charge < -0.3 is 9.84 Å². The fraction of sp³-hybridized carbons (Fsp3) is 0.667. The van der Waals surface area contributed by atoms with E-state index in [1.54, 1.807) is 6.08 Å². The van der Waals surface area contributed by atoms with Crippen molar-refractivity contribution in [2.75, 3.05) is 6.61 Å². The fourth-order valence-corrected chi connectivity index (χ4v) is 0.735. The van der Waals surface area contributed by atoms with E-state index >= 15 is 0 Å². The molecule has 1 N–H and O–H groups in total. The third-order valence-electron chi connectivity index (χ3n) is 1.38. The van der Waals surface area contributed by atoms with Gasteiger partial charge in [-0.05, 0) is 18.8 Å². The van der Waals surface area contributed by atoms with Gasteiger partial charge in [0.2, 0.25) is 0 Å². The Morgan fingerprint density at radius 1 is 1.50 bits per heavy atom. The molecular formula is C9H16O3. The van der Waals surface area contributed by atoms with Crippen molar-refractivity contribution in [3.05, 3.63) is 12.2 Å². The van der Waals surface area contributed by atoms with Crippen LogP contribution in [0.4, 0.5) is 4.79 Å². The zero-order chi connectivity index (χ0) is 9.40. The zero-order valence-corrected chi connectivity index (χ0v) is 7.62. The van der Waals surface area contributed by atoms with Crippen LogP contribution in [0, 0.1) is 5.92 Å². The van der Waals surface area contributed by atoms with E-state index in [2.05, 4.69) is 18.6 Å². The van der Waals surface area contributed by atoms with E-state index < -0.39 is 6.16 Å². The molecule has 0 atom stereocenters. The average Bonchev–Trinajstić information content (AvgIpc) is 1.95. The molecule has 0 saturated carbocycles. The number of allylic oxidation sites excluding steroid dienone is 1. The highest BCUT2D eigenvalue weighted by Crippen LogP contribution is 2.03. The topological polar surface area (TPSA) is 46.5 Å². The second kappa shape index (κ2) is 6.70.